The predicted molar refractivity (Wildman–Crippen MR) is 84.1 cm³/mol. The molecule has 1 aliphatic rings. The van der Waals surface area contributed by atoms with Crippen molar-refractivity contribution in [2.75, 3.05) is 13.7 Å². The van der Waals surface area contributed by atoms with Crippen LogP contribution in [-0.4, -0.2) is 35.2 Å². The Balaban J connectivity index is 2.56. The zero-order chi connectivity index (χ0) is 15.6. The number of thiocarbonyl (C=S) groups is 1. The summed E-state index contributed by atoms with van der Waals surface area (Å²) in [6.45, 7) is -0.104. The van der Waals surface area contributed by atoms with Crippen LogP contribution in [-0.2, 0) is 9.59 Å². The van der Waals surface area contributed by atoms with E-state index in [0.717, 1.165) is 0 Å². The summed E-state index contributed by atoms with van der Waals surface area (Å²) in [5.41, 5.74) is 6.30. The molecule has 2 N–H and O–H groups in total. The molecule has 0 saturated carbocycles. The maximum Gasteiger partial charge on any atom is 0.237 e. The molecular weight excluding hydrogens is 312 g/mol. The van der Waals surface area contributed by atoms with E-state index in [-0.39, 0.29) is 18.7 Å². The zero-order valence-electron chi connectivity index (χ0n) is 11.3. The third-order valence-corrected chi connectivity index (χ3v) is 3.57. The van der Waals surface area contributed by atoms with Crippen LogP contribution in [0.25, 0.3) is 5.70 Å². The Morgan fingerprint density at radius 3 is 2.86 bits per heavy atom. The maximum atomic E-state index is 11.8. The molecule has 0 unspecified atom stereocenters. The summed E-state index contributed by atoms with van der Waals surface area (Å²) in [5, 5.41) is 0.481. The standard InChI is InChI=1S/C14H13ClN2O3S/c1-20-12-3-2-8(15)4-10(12)11-5-9(18)6-14(21)17(11)7-13(16)19/h2-5H,6-7H2,1H3,(H2,16,19). The molecule has 0 spiro atoms. The number of benzene rings is 1. The monoisotopic (exact) mass is 324 g/mol. The Morgan fingerprint density at radius 1 is 1.52 bits per heavy atom. The van der Waals surface area contributed by atoms with E-state index in [1.807, 2.05) is 0 Å². The molecule has 0 fully saturated rings. The molecule has 0 aromatic heterocycles. The SMILES string of the molecule is COc1ccc(Cl)cc1C1=CC(=O)CC(=S)N1CC(N)=O. The molecule has 2 rings (SSSR count). The van der Waals surface area contributed by atoms with Gasteiger partial charge in [-0.2, -0.15) is 0 Å². The lowest BCUT2D eigenvalue weighted by atomic mass is 10.0. The van der Waals surface area contributed by atoms with Crippen LogP contribution in [0.15, 0.2) is 24.3 Å². The average molecular weight is 325 g/mol. The van der Waals surface area contributed by atoms with Gasteiger partial charge in [0.05, 0.1) is 24.2 Å². The summed E-state index contributed by atoms with van der Waals surface area (Å²) >= 11 is 11.2. The maximum absolute atomic E-state index is 11.8. The van der Waals surface area contributed by atoms with Crippen LogP contribution in [0.4, 0.5) is 0 Å². The number of ether oxygens (including phenoxy) is 1. The summed E-state index contributed by atoms with van der Waals surface area (Å²) in [4.78, 5) is 24.9. The van der Waals surface area contributed by atoms with Gasteiger partial charge in [-0.1, -0.05) is 23.8 Å². The Kier molecular flexibility index (Phi) is 4.59. The summed E-state index contributed by atoms with van der Waals surface area (Å²) in [6.07, 6.45) is 1.50. The summed E-state index contributed by atoms with van der Waals surface area (Å²) in [7, 11) is 1.51. The molecular formula is C14H13ClN2O3S. The first-order chi connectivity index (χ1) is 9.92. The molecule has 5 nitrogen and oxygen atoms in total. The van der Waals surface area contributed by atoms with E-state index in [0.29, 0.717) is 27.0 Å². The van der Waals surface area contributed by atoms with Gasteiger partial charge in [0, 0.05) is 16.7 Å². The van der Waals surface area contributed by atoms with Crippen LogP contribution in [0.2, 0.25) is 5.02 Å². The van der Waals surface area contributed by atoms with E-state index < -0.39 is 5.91 Å². The fraction of sp³-hybridized carbons (Fsp3) is 0.214. The Morgan fingerprint density at radius 2 is 2.24 bits per heavy atom. The summed E-state index contributed by atoms with van der Waals surface area (Å²) in [6, 6.07) is 5.01. The quantitative estimate of drug-likeness (QED) is 0.855. The number of carbonyl (C=O) groups is 2. The van der Waals surface area contributed by atoms with E-state index in [1.54, 1.807) is 18.2 Å². The lowest BCUT2D eigenvalue weighted by Gasteiger charge is -2.30. The second-order valence-corrected chi connectivity index (χ2v) is 5.37. The van der Waals surface area contributed by atoms with Crippen molar-refractivity contribution in [3.8, 4) is 5.75 Å². The second kappa shape index (κ2) is 6.24. The van der Waals surface area contributed by atoms with Gasteiger partial charge in [0.15, 0.2) is 5.78 Å². The van der Waals surface area contributed by atoms with Crippen LogP contribution in [0.5, 0.6) is 5.75 Å². The first-order valence-electron chi connectivity index (χ1n) is 6.09. The summed E-state index contributed by atoms with van der Waals surface area (Å²) < 4.78 is 5.28. The highest BCUT2D eigenvalue weighted by molar-refractivity contribution is 7.80. The Hall–Kier alpha value is -1.92. The molecule has 7 heteroatoms. The number of nitrogens with zero attached hydrogens (tertiary/aromatic N) is 1. The molecule has 0 atom stereocenters. The number of halogens is 1. The third-order valence-electron chi connectivity index (χ3n) is 2.97. The van der Waals surface area contributed by atoms with Gasteiger partial charge in [-0.05, 0) is 18.2 Å². The van der Waals surface area contributed by atoms with Gasteiger partial charge < -0.3 is 15.4 Å². The van der Waals surface area contributed by atoms with Crippen molar-refractivity contribution in [2.45, 2.75) is 6.42 Å². The molecule has 0 saturated heterocycles. The van der Waals surface area contributed by atoms with Crippen molar-refractivity contribution in [3.63, 3.8) is 0 Å². The molecule has 1 aromatic carbocycles. The van der Waals surface area contributed by atoms with E-state index in [2.05, 4.69) is 0 Å². The molecule has 21 heavy (non-hydrogen) atoms. The number of rotatable bonds is 4. The first-order valence-corrected chi connectivity index (χ1v) is 6.88. The average Bonchev–Trinajstić information content (AvgIpc) is 2.41. The van der Waals surface area contributed by atoms with Crippen LogP contribution in [0, 0.1) is 0 Å². The highest BCUT2D eigenvalue weighted by Gasteiger charge is 2.27. The van der Waals surface area contributed by atoms with Gasteiger partial charge >= 0.3 is 0 Å². The molecule has 1 heterocycles. The second-order valence-electron chi connectivity index (χ2n) is 4.46. The van der Waals surface area contributed by atoms with Crippen LogP contribution in [0.1, 0.15) is 12.0 Å². The molecule has 0 aliphatic carbocycles. The van der Waals surface area contributed by atoms with Crippen molar-refractivity contribution in [1.29, 1.82) is 0 Å². The van der Waals surface area contributed by atoms with Gasteiger partial charge in [-0.15, -0.1) is 0 Å². The third kappa shape index (κ3) is 3.40. The van der Waals surface area contributed by atoms with E-state index in [9.17, 15) is 9.59 Å². The van der Waals surface area contributed by atoms with Crippen molar-refractivity contribution in [1.82, 2.24) is 4.90 Å². The number of primary amides is 1. The number of hydrogen-bond acceptors (Lipinski definition) is 4. The lowest BCUT2D eigenvalue weighted by Crippen LogP contribution is -2.39. The number of amides is 1. The topological polar surface area (TPSA) is 72.6 Å². The van der Waals surface area contributed by atoms with Crippen molar-refractivity contribution >= 4 is 46.2 Å². The Bertz CT molecular complexity index is 658. The molecule has 0 radical (unpaired) electrons. The minimum Gasteiger partial charge on any atom is -0.496 e. The normalized spacial score (nSPS) is 15.0. The highest BCUT2D eigenvalue weighted by Crippen LogP contribution is 2.33. The number of allylic oxidation sites excluding steroid dienone is 1. The number of hydrogen-bond donors (Lipinski definition) is 1. The van der Waals surface area contributed by atoms with Gasteiger partial charge in [0.1, 0.15) is 12.3 Å². The molecule has 1 aliphatic heterocycles. The largest absolute Gasteiger partial charge is 0.496 e. The molecule has 1 amide bonds. The minimum absolute atomic E-state index is 0.0784. The first kappa shape index (κ1) is 15.5. The van der Waals surface area contributed by atoms with Gasteiger partial charge in [-0.25, -0.2) is 0 Å². The number of carbonyl (C=O) groups excluding carboxylic acids is 2. The van der Waals surface area contributed by atoms with E-state index >= 15 is 0 Å². The van der Waals surface area contributed by atoms with Crippen LogP contribution >= 0.6 is 23.8 Å². The van der Waals surface area contributed by atoms with Gasteiger partial charge in [0.25, 0.3) is 0 Å². The van der Waals surface area contributed by atoms with Crippen molar-refractivity contribution < 1.29 is 14.3 Å². The smallest absolute Gasteiger partial charge is 0.237 e. The zero-order valence-corrected chi connectivity index (χ0v) is 12.8. The number of nitrogens with two attached hydrogens (primary N) is 1. The van der Waals surface area contributed by atoms with Gasteiger partial charge in [0.2, 0.25) is 5.91 Å². The van der Waals surface area contributed by atoms with Crippen LogP contribution < -0.4 is 10.5 Å². The van der Waals surface area contributed by atoms with Crippen molar-refractivity contribution in [3.05, 3.63) is 34.9 Å². The van der Waals surface area contributed by atoms with Crippen LogP contribution in [0.3, 0.4) is 0 Å². The van der Waals surface area contributed by atoms with Gasteiger partial charge in [-0.3, -0.25) is 9.59 Å². The Labute approximate surface area is 132 Å². The number of ketones is 1. The molecule has 0 bridgehead atoms. The molecule has 1 aromatic rings. The lowest BCUT2D eigenvalue weighted by molar-refractivity contribution is -0.118. The van der Waals surface area contributed by atoms with E-state index in [4.69, 9.17) is 34.3 Å². The fourth-order valence-corrected chi connectivity index (χ4v) is 2.57. The number of methoxy groups -OCH3 is 1. The molecule has 110 valence electrons. The highest BCUT2D eigenvalue weighted by atomic mass is 35.5. The van der Waals surface area contributed by atoms with E-state index in [1.165, 1.54) is 18.1 Å². The summed E-state index contributed by atoms with van der Waals surface area (Å²) in [5.74, 6) is -0.158. The minimum atomic E-state index is -0.543. The fourth-order valence-electron chi connectivity index (χ4n) is 2.09. The predicted octanol–water partition coefficient (Wildman–Crippen LogP) is 1.78. The van der Waals surface area contributed by atoms with Crippen molar-refractivity contribution in [2.24, 2.45) is 5.73 Å².